The molecule has 0 spiro atoms. The van der Waals surface area contributed by atoms with Crippen molar-refractivity contribution in [2.24, 2.45) is 0 Å². The van der Waals surface area contributed by atoms with Crippen molar-refractivity contribution in [2.75, 3.05) is 5.32 Å². The number of anilines is 1. The van der Waals surface area contributed by atoms with E-state index < -0.39 is 11.7 Å². The van der Waals surface area contributed by atoms with Crippen LogP contribution in [0.15, 0.2) is 36.4 Å². The zero-order valence-corrected chi connectivity index (χ0v) is 12.7. The Hall–Kier alpha value is -1.10. The van der Waals surface area contributed by atoms with Crippen LogP contribution in [0.2, 0.25) is 15.1 Å². The fraction of sp³-hybridized carbons (Fsp3) is 0.143. The summed E-state index contributed by atoms with van der Waals surface area (Å²) in [6.07, 6.45) is -4.42. The molecule has 21 heavy (non-hydrogen) atoms. The number of hydrogen-bond donors (Lipinski definition) is 1. The van der Waals surface area contributed by atoms with Gasteiger partial charge in [0.05, 0.1) is 16.3 Å². The zero-order chi connectivity index (χ0) is 15.6. The molecule has 1 N–H and O–H groups in total. The van der Waals surface area contributed by atoms with Crippen LogP contribution in [0.25, 0.3) is 0 Å². The number of nitrogens with one attached hydrogen (secondary N) is 1. The van der Waals surface area contributed by atoms with Gasteiger partial charge in [-0.05, 0) is 35.9 Å². The van der Waals surface area contributed by atoms with Crippen LogP contribution in [-0.2, 0) is 12.7 Å². The molecule has 0 bridgehead atoms. The van der Waals surface area contributed by atoms with Crippen molar-refractivity contribution in [3.05, 3.63) is 62.6 Å². The van der Waals surface area contributed by atoms with E-state index >= 15 is 0 Å². The molecular formula is C14H9Cl3F3N. The highest BCUT2D eigenvalue weighted by molar-refractivity contribution is 6.35. The quantitative estimate of drug-likeness (QED) is 0.684. The van der Waals surface area contributed by atoms with Gasteiger partial charge in [-0.3, -0.25) is 0 Å². The Morgan fingerprint density at radius 2 is 1.62 bits per heavy atom. The first-order chi connectivity index (χ1) is 9.77. The van der Waals surface area contributed by atoms with E-state index in [1.165, 1.54) is 6.07 Å². The van der Waals surface area contributed by atoms with Crippen molar-refractivity contribution < 1.29 is 13.2 Å². The van der Waals surface area contributed by atoms with E-state index in [1.54, 1.807) is 18.2 Å². The molecule has 0 saturated carbocycles. The minimum Gasteiger partial charge on any atom is -0.380 e. The van der Waals surface area contributed by atoms with E-state index in [4.69, 9.17) is 34.8 Å². The number of benzene rings is 2. The highest BCUT2D eigenvalue weighted by Crippen LogP contribution is 2.34. The maximum absolute atomic E-state index is 12.7. The lowest BCUT2D eigenvalue weighted by Gasteiger charge is -2.13. The molecule has 2 aromatic rings. The third kappa shape index (κ3) is 4.19. The van der Waals surface area contributed by atoms with Crippen molar-refractivity contribution in [3.8, 4) is 0 Å². The van der Waals surface area contributed by atoms with Crippen molar-refractivity contribution in [3.63, 3.8) is 0 Å². The van der Waals surface area contributed by atoms with Crippen LogP contribution in [0.5, 0.6) is 0 Å². The lowest BCUT2D eigenvalue weighted by atomic mass is 10.1. The molecule has 0 aromatic heterocycles. The molecule has 0 saturated heterocycles. The summed E-state index contributed by atoms with van der Waals surface area (Å²) in [4.78, 5) is 0. The van der Waals surface area contributed by atoms with E-state index in [9.17, 15) is 13.2 Å². The summed E-state index contributed by atoms with van der Waals surface area (Å²) in [5.41, 5.74) is 0.128. The molecule has 7 heteroatoms. The van der Waals surface area contributed by atoms with Crippen molar-refractivity contribution >= 4 is 40.5 Å². The van der Waals surface area contributed by atoms with Gasteiger partial charge in [0.2, 0.25) is 0 Å². The van der Waals surface area contributed by atoms with Gasteiger partial charge in [0.25, 0.3) is 0 Å². The lowest BCUT2D eigenvalue weighted by molar-refractivity contribution is -0.137. The van der Waals surface area contributed by atoms with E-state index in [0.29, 0.717) is 15.6 Å². The fourth-order valence-corrected chi connectivity index (χ4v) is 2.35. The molecule has 0 heterocycles. The van der Waals surface area contributed by atoms with Crippen LogP contribution in [0.1, 0.15) is 11.1 Å². The Morgan fingerprint density at radius 3 is 2.24 bits per heavy atom. The Kier molecular flexibility index (Phi) is 4.91. The first kappa shape index (κ1) is 16.3. The first-order valence-corrected chi connectivity index (χ1v) is 6.95. The second kappa shape index (κ2) is 6.34. The molecule has 0 radical (unpaired) electrons. The highest BCUT2D eigenvalue weighted by Gasteiger charge is 2.30. The van der Waals surface area contributed by atoms with Gasteiger partial charge in [-0.1, -0.05) is 40.9 Å². The second-order valence-electron chi connectivity index (χ2n) is 4.28. The van der Waals surface area contributed by atoms with Crippen LogP contribution in [0.3, 0.4) is 0 Å². The fourth-order valence-electron chi connectivity index (χ4n) is 1.69. The van der Waals surface area contributed by atoms with E-state index in [1.807, 2.05) is 0 Å². The van der Waals surface area contributed by atoms with Gasteiger partial charge in [-0.2, -0.15) is 13.2 Å². The summed E-state index contributed by atoms with van der Waals surface area (Å²) in [6.45, 7) is 0.233. The van der Waals surface area contributed by atoms with Crippen LogP contribution >= 0.6 is 34.8 Å². The smallest absolute Gasteiger partial charge is 0.380 e. The summed E-state index contributed by atoms with van der Waals surface area (Å²) in [5.74, 6) is 0. The molecule has 0 unspecified atom stereocenters. The van der Waals surface area contributed by atoms with Crippen molar-refractivity contribution in [2.45, 2.75) is 12.7 Å². The Morgan fingerprint density at radius 1 is 0.905 bits per heavy atom. The first-order valence-electron chi connectivity index (χ1n) is 5.82. The molecule has 0 aliphatic rings. The second-order valence-corrected chi connectivity index (χ2v) is 5.53. The summed E-state index contributed by atoms with van der Waals surface area (Å²) in [6, 6.07) is 8.01. The predicted octanol–water partition coefficient (Wildman–Crippen LogP) is 6.28. The van der Waals surface area contributed by atoms with Crippen LogP contribution in [0.4, 0.5) is 18.9 Å². The van der Waals surface area contributed by atoms with Gasteiger partial charge in [0, 0.05) is 16.6 Å². The van der Waals surface area contributed by atoms with Crippen molar-refractivity contribution in [1.82, 2.24) is 0 Å². The van der Waals surface area contributed by atoms with Gasteiger partial charge in [0.15, 0.2) is 0 Å². The summed E-state index contributed by atoms with van der Waals surface area (Å²) in [7, 11) is 0. The van der Waals surface area contributed by atoms with Gasteiger partial charge in [0.1, 0.15) is 0 Å². The average molecular weight is 355 g/mol. The third-order valence-corrected chi connectivity index (χ3v) is 3.69. The summed E-state index contributed by atoms with van der Waals surface area (Å²) >= 11 is 17.7. The Labute approximate surface area is 134 Å². The number of halogens is 6. The molecule has 0 fully saturated rings. The van der Waals surface area contributed by atoms with Crippen LogP contribution < -0.4 is 5.32 Å². The van der Waals surface area contributed by atoms with Crippen LogP contribution in [0, 0.1) is 0 Å². The molecular weight excluding hydrogens is 346 g/mol. The number of rotatable bonds is 3. The van der Waals surface area contributed by atoms with E-state index in [-0.39, 0.29) is 17.3 Å². The molecule has 1 nitrogen and oxygen atoms in total. The van der Waals surface area contributed by atoms with Gasteiger partial charge in [-0.25, -0.2) is 0 Å². The zero-order valence-electron chi connectivity index (χ0n) is 10.4. The maximum atomic E-state index is 12.7. The maximum Gasteiger partial charge on any atom is 0.416 e. The Balaban J connectivity index is 2.19. The largest absolute Gasteiger partial charge is 0.416 e. The van der Waals surface area contributed by atoms with Crippen molar-refractivity contribution in [1.29, 1.82) is 0 Å². The monoisotopic (exact) mass is 353 g/mol. The normalized spacial score (nSPS) is 11.5. The SMILES string of the molecule is FC(F)(F)c1ccc(Cl)c(NCc2ccc(Cl)cc2Cl)c1. The molecule has 2 rings (SSSR count). The molecule has 112 valence electrons. The predicted molar refractivity (Wildman–Crippen MR) is 80.2 cm³/mol. The summed E-state index contributed by atoms with van der Waals surface area (Å²) < 4.78 is 38.0. The third-order valence-electron chi connectivity index (χ3n) is 2.78. The van der Waals surface area contributed by atoms with Gasteiger partial charge >= 0.3 is 6.18 Å². The molecule has 0 atom stereocenters. The number of alkyl halides is 3. The minimum absolute atomic E-state index is 0.192. The van der Waals surface area contributed by atoms with Gasteiger partial charge in [-0.15, -0.1) is 0 Å². The van der Waals surface area contributed by atoms with Gasteiger partial charge < -0.3 is 5.32 Å². The minimum atomic E-state index is -4.42. The van der Waals surface area contributed by atoms with E-state index in [0.717, 1.165) is 12.1 Å². The standard InChI is InChI=1S/C14H9Cl3F3N/c15-10-3-1-8(12(17)6-10)7-21-13-5-9(14(18,19)20)2-4-11(13)16/h1-6,21H,7H2. The Bertz CT molecular complexity index is 656. The molecule has 0 aliphatic heterocycles. The summed E-state index contributed by atoms with van der Waals surface area (Å²) in [5, 5.41) is 3.96. The average Bonchev–Trinajstić information content (AvgIpc) is 2.38. The highest BCUT2D eigenvalue weighted by atomic mass is 35.5. The molecule has 0 amide bonds. The lowest BCUT2D eigenvalue weighted by Crippen LogP contribution is -2.07. The van der Waals surface area contributed by atoms with Crippen LogP contribution in [-0.4, -0.2) is 0 Å². The number of hydrogen-bond acceptors (Lipinski definition) is 1. The van der Waals surface area contributed by atoms with E-state index in [2.05, 4.69) is 5.32 Å². The topological polar surface area (TPSA) is 12.0 Å². The molecule has 0 aliphatic carbocycles. The molecule has 2 aromatic carbocycles.